The Bertz CT molecular complexity index is 976. The number of carbonyl (C=O) groups is 1. The van der Waals surface area contributed by atoms with Gasteiger partial charge in [0.05, 0.1) is 16.3 Å². The summed E-state index contributed by atoms with van der Waals surface area (Å²) in [6, 6.07) is 8.47. The summed E-state index contributed by atoms with van der Waals surface area (Å²) >= 11 is 0. The molecule has 0 aliphatic rings. The molecule has 0 spiro atoms. The minimum Gasteiger partial charge on any atom is -0.506 e. The molecule has 0 unspecified atom stereocenters. The van der Waals surface area contributed by atoms with E-state index in [4.69, 9.17) is 0 Å². The van der Waals surface area contributed by atoms with Crippen molar-refractivity contribution in [3.63, 3.8) is 0 Å². The van der Waals surface area contributed by atoms with Gasteiger partial charge in [0.2, 0.25) is 0 Å². The molecule has 5 heteroatoms. The Kier molecular flexibility index (Phi) is 3.48. The second-order valence-electron chi connectivity index (χ2n) is 5.46. The molecular formula is C18H15NO4. The van der Waals surface area contributed by atoms with Crippen LogP contribution in [0.5, 0.6) is 11.5 Å². The predicted octanol–water partition coefficient (Wildman–Crippen LogP) is 4.57. The average Bonchev–Trinajstić information content (AvgIpc) is 2.53. The maximum atomic E-state index is 11.9. The number of nitroso groups, excluding NO2 is 1. The first-order valence-electron chi connectivity index (χ1n) is 7.27. The van der Waals surface area contributed by atoms with Gasteiger partial charge in [-0.3, -0.25) is 4.79 Å². The maximum absolute atomic E-state index is 11.9. The summed E-state index contributed by atoms with van der Waals surface area (Å²) in [4.78, 5) is 22.9. The van der Waals surface area contributed by atoms with Gasteiger partial charge in [-0.2, -0.15) is 0 Å². The minimum absolute atomic E-state index is 0.0882. The van der Waals surface area contributed by atoms with Crippen LogP contribution in [0.15, 0.2) is 35.5 Å². The molecule has 3 aromatic rings. The van der Waals surface area contributed by atoms with E-state index in [2.05, 4.69) is 5.18 Å². The SMILES string of the molecule is CCc1cc2cc3cccc(N=O)c3c(O)c2c(O)c1C(C)=O. The van der Waals surface area contributed by atoms with Crippen LogP contribution in [0.25, 0.3) is 21.5 Å². The predicted molar refractivity (Wildman–Crippen MR) is 89.6 cm³/mol. The second kappa shape index (κ2) is 5.35. The van der Waals surface area contributed by atoms with Gasteiger partial charge in [0.15, 0.2) is 5.78 Å². The summed E-state index contributed by atoms with van der Waals surface area (Å²) < 4.78 is 0. The molecular weight excluding hydrogens is 294 g/mol. The molecule has 3 aromatic carbocycles. The van der Waals surface area contributed by atoms with E-state index in [9.17, 15) is 19.9 Å². The van der Waals surface area contributed by atoms with E-state index in [0.29, 0.717) is 22.8 Å². The van der Waals surface area contributed by atoms with Crippen LogP contribution in [0.4, 0.5) is 5.69 Å². The number of ketones is 1. The Labute approximate surface area is 132 Å². The van der Waals surface area contributed by atoms with E-state index in [-0.39, 0.29) is 39.3 Å². The molecule has 5 nitrogen and oxygen atoms in total. The third-order valence-electron chi connectivity index (χ3n) is 4.10. The lowest BCUT2D eigenvalue weighted by molar-refractivity contribution is 0.101. The van der Waals surface area contributed by atoms with Gasteiger partial charge in [-0.25, -0.2) is 0 Å². The van der Waals surface area contributed by atoms with Crippen LogP contribution in [0.3, 0.4) is 0 Å². The first-order chi connectivity index (χ1) is 11.0. The number of hydrogen-bond donors (Lipinski definition) is 2. The quantitative estimate of drug-likeness (QED) is 0.421. The number of fused-ring (bicyclic) bond motifs is 2. The Morgan fingerprint density at radius 1 is 1.09 bits per heavy atom. The lowest BCUT2D eigenvalue weighted by atomic mass is 9.92. The van der Waals surface area contributed by atoms with E-state index in [0.717, 1.165) is 0 Å². The van der Waals surface area contributed by atoms with E-state index in [1.54, 1.807) is 24.3 Å². The lowest BCUT2D eigenvalue weighted by Gasteiger charge is -2.14. The molecule has 0 aliphatic heterocycles. The van der Waals surface area contributed by atoms with Gasteiger partial charge in [-0.15, -0.1) is 4.91 Å². The Hall–Kier alpha value is -2.95. The molecule has 0 fully saturated rings. The van der Waals surface area contributed by atoms with Crippen molar-refractivity contribution in [2.24, 2.45) is 5.18 Å². The molecule has 0 saturated carbocycles. The number of aromatic hydroxyl groups is 2. The topological polar surface area (TPSA) is 87.0 Å². The minimum atomic E-state index is -0.275. The number of hydrogen-bond acceptors (Lipinski definition) is 5. The van der Waals surface area contributed by atoms with Crippen molar-refractivity contribution in [2.45, 2.75) is 20.3 Å². The van der Waals surface area contributed by atoms with Crippen molar-refractivity contribution in [3.05, 3.63) is 46.4 Å². The number of carbonyl (C=O) groups excluding carboxylic acids is 1. The van der Waals surface area contributed by atoms with Crippen LogP contribution >= 0.6 is 0 Å². The fourth-order valence-electron chi connectivity index (χ4n) is 3.08. The molecule has 0 saturated heterocycles. The fourth-order valence-corrected chi connectivity index (χ4v) is 3.08. The number of rotatable bonds is 3. The first-order valence-corrected chi connectivity index (χ1v) is 7.27. The number of nitrogens with zero attached hydrogens (tertiary/aromatic N) is 1. The van der Waals surface area contributed by atoms with Gasteiger partial charge in [0, 0.05) is 0 Å². The van der Waals surface area contributed by atoms with Gasteiger partial charge in [-0.1, -0.05) is 25.1 Å². The van der Waals surface area contributed by atoms with Gasteiger partial charge in [0.1, 0.15) is 17.2 Å². The van der Waals surface area contributed by atoms with Crippen LogP contribution in [0.2, 0.25) is 0 Å². The Morgan fingerprint density at radius 2 is 1.83 bits per heavy atom. The zero-order valence-corrected chi connectivity index (χ0v) is 12.8. The summed E-state index contributed by atoms with van der Waals surface area (Å²) in [5.41, 5.74) is 1.00. The molecule has 0 aromatic heterocycles. The van der Waals surface area contributed by atoms with Crippen molar-refractivity contribution in [1.29, 1.82) is 0 Å². The number of phenols is 2. The molecule has 0 bridgehead atoms. The van der Waals surface area contributed by atoms with E-state index < -0.39 is 0 Å². The molecule has 3 rings (SSSR count). The monoisotopic (exact) mass is 309 g/mol. The molecule has 0 aliphatic carbocycles. The Morgan fingerprint density at radius 3 is 2.43 bits per heavy atom. The molecule has 0 heterocycles. The zero-order valence-electron chi connectivity index (χ0n) is 12.8. The van der Waals surface area contributed by atoms with E-state index in [1.807, 2.05) is 6.92 Å². The standard InChI is InChI=1S/C18H15NO4/c1-3-10-7-12-8-11-5-4-6-13(19-23)15(11)18(22)16(12)17(21)14(10)9(2)20/h4-8,21-22H,3H2,1-2H3. The molecule has 0 atom stereocenters. The summed E-state index contributed by atoms with van der Waals surface area (Å²) in [6.45, 7) is 3.26. The number of phenolic OH excluding ortho intramolecular Hbond substituents is 2. The molecule has 23 heavy (non-hydrogen) atoms. The maximum Gasteiger partial charge on any atom is 0.163 e. The molecule has 0 amide bonds. The van der Waals surface area contributed by atoms with Crippen LogP contribution in [0.1, 0.15) is 29.8 Å². The Balaban J connectivity index is 2.58. The summed E-state index contributed by atoms with van der Waals surface area (Å²) in [6.07, 6.45) is 0.577. The third-order valence-corrected chi connectivity index (χ3v) is 4.10. The smallest absolute Gasteiger partial charge is 0.163 e. The molecule has 2 N–H and O–H groups in total. The summed E-state index contributed by atoms with van der Waals surface area (Å²) in [5.74, 6) is -0.773. The van der Waals surface area contributed by atoms with Crippen LogP contribution < -0.4 is 0 Å². The average molecular weight is 309 g/mol. The van der Waals surface area contributed by atoms with Crippen LogP contribution in [-0.4, -0.2) is 16.0 Å². The summed E-state index contributed by atoms with van der Waals surface area (Å²) in [5, 5.41) is 25.8. The third kappa shape index (κ3) is 2.12. The summed E-state index contributed by atoms with van der Waals surface area (Å²) in [7, 11) is 0. The van der Waals surface area contributed by atoms with Gasteiger partial charge < -0.3 is 10.2 Å². The number of Topliss-reactive ketones (excluding diaryl/α,β-unsaturated/α-hetero) is 1. The van der Waals surface area contributed by atoms with E-state index >= 15 is 0 Å². The van der Waals surface area contributed by atoms with Gasteiger partial charge >= 0.3 is 0 Å². The van der Waals surface area contributed by atoms with Crippen molar-refractivity contribution in [3.8, 4) is 11.5 Å². The highest BCUT2D eigenvalue weighted by Crippen LogP contribution is 2.45. The molecule has 116 valence electrons. The number of benzene rings is 3. The highest BCUT2D eigenvalue weighted by molar-refractivity contribution is 6.14. The first kappa shape index (κ1) is 15.0. The lowest BCUT2D eigenvalue weighted by Crippen LogP contribution is -2.00. The van der Waals surface area contributed by atoms with Crippen molar-refractivity contribution >= 4 is 33.0 Å². The van der Waals surface area contributed by atoms with Crippen molar-refractivity contribution < 1.29 is 15.0 Å². The van der Waals surface area contributed by atoms with E-state index in [1.165, 1.54) is 13.0 Å². The largest absolute Gasteiger partial charge is 0.506 e. The highest BCUT2D eigenvalue weighted by atomic mass is 16.3. The molecule has 0 radical (unpaired) electrons. The van der Waals surface area contributed by atoms with Crippen LogP contribution in [0, 0.1) is 4.91 Å². The second-order valence-corrected chi connectivity index (χ2v) is 5.46. The highest BCUT2D eigenvalue weighted by Gasteiger charge is 2.20. The van der Waals surface area contributed by atoms with Crippen molar-refractivity contribution in [1.82, 2.24) is 0 Å². The van der Waals surface area contributed by atoms with Crippen molar-refractivity contribution in [2.75, 3.05) is 0 Å². The van der Waals surface area contributed by atoms with Gasteiger partial charge in [0.25, 0.3) is 0 Å². The van der Waals surface area contributed by atoms with Gasteiger partial charge in [-0.05, 0) is 47.0 Å². The fraction of sp³-hybridized carbons (Fsp3) is 0.167. The normalized spacial score (nSPS) is 11.0. The van der Waals surface area contributed by atoms with Crippen LogP contribution in [-0.2, 0) is 6.42 Å². The number of aryl methyl sites for hydroxylation is 1. The zero-order chi connectivity index (χ0) is 16.7.